The number of aliphatic hydroxyl groups excluding tert-OH is 4. The zero-order valence-corrected chi connectivity index (χ0v) is 17.5. The van der Waals surface area contributed by atoms with Gasteiger partial charge >= 0.3 is 5.97 Å². The molecule has 0 amide bonds. The van der Waals surface area contributed by atoms with E-state index in [0.29, 0.717) is 0 Å². The van der Waals surface area contributed by atoms with Gasteiger partial charge in [0.25, 0.3) is 0 Å². The molecular formula is C22H20O12. The molecule has 2 aromatic carbocycles. The Labute approximate surface area is 190 Å². The summed E-state index contributed by atoms with van der Waals surface area (Å²) in [5.74, 6) is -4.82. The topological polar surface area (TPSA) is 211 Å². The Kier molecular flexibility index (Phi) is 5.79. The largest absolute Gasteiger partial charge is 0.507 e. The van der Waals surface area contributed by atoms with Crippen LogP contribution in [0.4, 0.5) is 0 Å². The van der Waals surface area contributed by atoms with Crippen LogP contribution in [-0.2, 0) is 4.74 Å². The van der Waals surface area contributed by atoms with E-state index in [1.165, 1.54) is 6.92 Å². The van der Waals surface area contributed by atoms with Crippen LogP contribution >= 0.6 is 0 Å². The first-order valence-electron chi connectivity index (χ1n) is 10.0. The second-order valence-electron chi connectivity index (χ2n) is 7.96. The highest BCUT2D eigenvalue weighted by Crippen LogP contribution is 2.40. The van der Waals surface area contributed by atoms with Crippen LogP contribution in [0.25, 0.3) is 0 Å². The number of aromatic carboxylic acids is 1. The van der Waals surface area contributed by atoms with Crippen LogP contribution < -0.4 is 4.74 Å². The van der Waals surface area contributed by atoms with Gasteiger partial charge in [0, 0.05) is 22.8 Å². The van der Waals surface area contributed by atoms with Crippen molar-refractivity contribution in [1.82, 2.24) is 0 Å². The van der Waals surface area contributed by atoms with Gasteiger partial charge in [-0.1, -0.05) is 0 Å². The summed E-state index contributed by atoms with van der Waals surface area (Å²) in [6.07, 6.45) is -7.99. The van der Waals surface area contributed by atoms with Crippen molar-refractivity contribution < 1.29 is 59.6 Å². The van der Waals surface area contributed by atoms with Crippen molar-refractivity contribution in [3.05, 3.63) is 51.6 Å². The van der Waals surface area contributed by atoms with E-state index in [2.05, 4.69) is 0 Å². The predicted octanol–water partition coefficient (Wildman–Crippen LogP) is -0.941. The molecule has 34 heavy (non-hydrogen) atoms. The second kappa shape index (κ2) is 8.34. The molecule has 4 rings (SSSR count). The summed E-state index contributed by atoms with van der Waals surface area (Å²) in [7, 11) is 0. The molecule has 5 atom stereocenters. The number of carboxylic acids is 1. The molecule has 2 aliphatic rings. The molecule has 7 N–H and O–H groups in total. The fourth-order valence-corrected chi connectivity index (χ4v) is 4.20. The molecule has 0 aromatic heterocycles. The first-order valence-corrected chi connectivity index (χ1v) is 10.0. The van der Waals surface area contributed by atoms with Crippen LogP contribution in [0.5, 0.6) is 17.2 Å². The summed E-state index contributed by atoms with van der Waals surface area (Å²) in [6, 6.07) is 2.87. The van der Waals surface area contributed by atoms with Crippen molar-refractivity contribution in [2.75, 3.05) is 6.61 Å². The number of carbonyl (C=O) groups excluding carboxylic acids is 2. The molecule has 1 aliphatic heterocycles. The molecule has 1 saturated heterocycles. The van der Waals surface area contributed by atoms with E-state index in [1.807, 2.05) is 0 Å². The molecule has 5 unspecified atom stereocenters. The average molecular weight is 476 g/mol. The lowest BCUT2D eigenvalue weighted by molar-refractivity contribution is -0.277. The first-order chi connectivity index (χ1) is 16.0. The van der Waals surface area contributed by atoms with Gasteiger partial charge in [0.2, 0.25) is 6.29 Å². The number of rotatable bonds is 4. The van der Waals surface area contributed by atoms with Gasteiger partial charge in [-0.15, -0.1) is 0 Å². The molecule has 0 spiro atoms. The molecule has 0 saturated carbocycles. The number of fused-ring (bicyclic) bond motifs is 2. The fraction of sp³-hybridized carbons (Fsp3) is 0.318. The van der Waals surface area contributed by atoms with Gasteiger partial charge < -0.3 is 45.2 Å². The van der Waals surface area contributed by atoms with Crippen LogP contribution in [0, 0.1) is 6.92 Å². The number of ether oxygens (including phenoxy) is 2. The van der Waals surface area contributed by atoms with Gasteiger partial charge in [0.05, 0.1) is 12.2 Å². The van der Waals surface area contributed by atoms with E-state index in [0.717, 1.165) is 18.2 Å². The van der Waals surface area contributed by atoms with Crippen LogP contribution in [-0.4, -0.2) is 90.6 Å². The maximum Gasteiger partial charge on any atom is 0.339 e. The van der Waals surface area contributed by atoms with E-state index in [-0.39, 0.29) is 28.0 Å². The van der Waals surface area contributed by atoms with Crippen LogP contribution in [0.15, 0.2) is 18.2 Å². The highest BCUT2D eigenvalue weighted by molar-refractivity contribution is 6.30. The van der Waals surface area contributed by atoms with Gasteiger partial charge in [0.15, 0.2) is 11.6 Å². The number of hydrogen-bond acceptors (Lipinski definition) is 11. The Hall–Kier alpha value is -3.55. The summed E-state index contributed by atoms with van der Waals surface area (Å²) < 4.78 is 10.7. The Balaban J connectivity index is 1.75. The van der Waals surface area contributed by atoms with E-state index in [9.17, 15) is 50.1 Å². The lowest BCUT2D eigenvalue weighted by Gasteiger charge is -2.39. The monoisotopic (exact) mass is 476 g/mol. The number of carbonyl (C=O) groups is 3. The molecular weight excluding hydrogens is 456 g/mol. The third kappa shape index (κ3) is 3.48. The van der Waals surface area contributed by atoms with Gasteiger partial charge in [-0.25, -0.2) is 4.79 Å². The number of hydrogen-bond donors (Lipinski definition) is 7. The molecule has 2 aromatic rings. The van der Waals surface area contributed by atoms with Gasteiger partial charge in [0.1, 0.15) is 47.2 Å². The number of carboxylic acid groups (broad SMARTS) is 1. The van der Waals surface area contributed by atoms with E-state index >= 15 is 0 Å². The number of aliphatic hydroxyl groups is 4. The minimum atomic E-state index is -1.76. The smallest absolute Gasteiger partial charge is 0.339 e. The number of benzene rings is 2. The normalized spacial score (nSPS) is 26.1. The van der Waals surface area contributed by atoms with Crippen molar-refractivity contribution >= 4 is 17.5 Å². The second-order valence-corrected chi connectivity index (χ2v) is 7.96. The minimum Gasteiger partial charge on any atom is -0.507 e. The third-order valence-corrected chi connectivity index (χ3v) is 5.91. The van der Waals surface area contributed by atoms with Crippen molar-refractivity contribution in [2.45, 2.75) is 37.6 Å². The highest BCUT2D eigenvalue weighted by atomic mass is 16.7. The van der Waals surface area contributed by atoms with Gasteiger partial charge in [-0.3, -0.25) is 9.59 Å². The molecule has 1 aliphatic carbocycles. The number of ketones is 2. The summed E-state index contributed by atoms with van der Waals surface area (Å²) in [5.41, 5.74) is -1.98. The molecule has 0 bridgehead atoms. The van der Waals surface area contributed by atoms with Crippen LogP contribution in [0.3, 0.4) is 0 Å². The van der Waals surface area contributed by atoms with Crippen molar-refractivity contribution in [1.29, 1.82) is 0 Å². The molecule has 12 heteroatoms. The zero-order chi connectivity index (χ0) is 25.1. The average Bonchev–Trinajstić information content (AvgIpc) is 2.76. The fourth-order valence-electron chi connectivity index (χ4n) is 4.20. The molecule has 12 nitrogen and oxygen atoms in total. The summed E-state index contributed by atoms with van der Waals surface area (Å²) in [4.78, 5) is 37.7. The lowest BCUT2D eigenvalue weighted by Crippen LogP contribution is -2.60. The van der Waals surface area contributed by atoms with Crippen molar-refractivity contribution in [3.63, 3.8) is 0 Å². The van der Waals surface area contributed by atoms with E-state index < -0.39 is 77.5 Å². The Morgan fingerprint density at radius 3 is 2.21 bits per heavy atom. The molecule has 1 heterocycles. The third-order valence-electron chi connectivity index (χ3n) is 5.91. The maximum atomic E-state index is 13.1. The number of phenols is 2. The predicted molar refractivity (Wildman–Crippen MR) is 109 cm³/mol. The maximum absolute atomic E-state index is 13.1. The minimum absolute atomic E-state index is 0.146. The van der Waals surface area contributed by atoms with Gasteiger partial charge in [-0.2, -0.15) is 0 Å². The van der Waals surface area contributed by atoms with E-state index in [4.69, 9.17) is 9.47 Å². The number of aromatic hydroxyl groups is 2. The van der Waals surface area contributed by atoms with Crippen molar-refractivity contribution in [3.8, 4) is 17.2 Å². The summed E-state index contributed by atoms with van der Waals surface area (Å²) >= 11 is 0. The Morgan fingerprint density at radius 1 is 0.941 bits per heavy atom. The Morgan fingerprint density at radius 2 is 1.59 bits per heavy atom. The molecule has 0 radical (unpaired) electrons. The first kappa shape index (κ1) is 23.6. The quantitative estimate of drug-likeness (QED) is 0.243. The molecule has 1 fully saturated rings. The lowest BCUT2D eigenvalue weighted by atomic mass is 9.80. The summed E-state index contributed by atoms with van der Waals surface area (Å²) in [6.45, 7) is 0.553. The van der Waals surface area contributed by atoms with Crippen molar-refractivity contribution in [2.24, 2.45) is 0 Å². The van der Waals surface area contributed by atoms with Crippen LogP contribution in [0.1, 0.15) is 47.8 Å². The Bertz CT molecular complexity index is 1220. The summed E-state index contributed by atoms with van der Waals surface area (Å²) in [5, 5.41) is 69.2. The van der Waals surface area contributed by atoms with E-state index in [1.54, 1.807) is 0 Å². The molecule has 180 valence electrons. The van der Waals surface area contributed by atoms with Crippen LogP contribution in [0.2, 0.25) is 0 Å². The standard InChI is InChI=1S/C22H20O12/c1-6-13-9(4-11(25)14(6)21(31)32)16(26)8-2-7(3-10(24)15(8)18(13)28)33-22-20(30)19(29)17(27)12(5-23)34-22/h2-4,12,17,19-20,22-25,27,29-30H,5H2,1H3,(H,31,32). The number of phenolic OH excluding ortho intramolecular Hbond substituents is 1. The highest BCUT2D eigenvalue weighted by Gasteiger charge is 2.45. The zero-order valence-electron chi connectivity index (χ0n) is 17.5. The van der Waals surface area contributed by atoms with Gasteiger partial charge in [-0.05, 0) is 24.6 Å². The SMILES string of the molecule is Cc1c(C(=O)O)c(O)cc2c1C(=O)c1c(O)cc(OC3OC(CO)C(O)C(O)C3O)cc1C2=O.